The van der Waals surface area contributed by atoms with E-state index in [1.165, 1.54) is 0 Å². The molecule has 1 aliphatic rings. The van der Waals surface area contributed by atoms with Crippen LogP contribution in [0.15, 0.2) is 30.6 Å². The van der Waals surface area contributed by atoms with Crippen LogP contribution < -0.4 is 4.74 Å². The summed E-state index contributed by atoms with van der Waals surface area (Å²) >= 11 is 0. The highest BCUT2D eigenvalue weighted by Crippen LogP contribution is 2.29. The van der Waals surface area contributed by atoms with E-state index in [-0.39, 0.29) is 18.6 Å². The van der Waals surface area contributed by atoms with Gasteiger partial charge >= 0.3 is 0 Å². The number of hydrogen-bond donors (Lipinski definition) is 0. The predicted octanol–water partition coefficient (Wildman–Crippen LogP) is 2.53. The van der Waals surface area contributed by atoms with Crippen molar-refractivity contribution in [3.05, 3.63) is 47.4 Å². The number of benzene rings is 1. The first-order chi connectivity index (χ1) is 13.9. The van der Waals surface area contributed by atoms with Crippen LogP contribution >= 0.6 is 0 Å². The van der Waals surface area contributed by atoms with E-state index in [0.717, 1.165) is 34.8 Å². The molecule has 0 N–H and O–H groups in total. The van der Waals surface area contributed by atoms with Gasteiger partial charge in [0.25, 0.3) is 5.91 Å². The van der Waals surface area contributed by atoms with E-state index in [0.29, 0.717) is 18.8 Å². The van der Waals surface area contributed by atoms with Gasteiger partial charge < -0.3 is 14.2 Å². The number of hydrogen-bond acceptors (Lipinski definition) is 5. The Morgan fingerprint density at radius 3 is 2.72 bits per heavy atom. The van der Waals surface area contributed by atoms with Gasteiger partial charge in [-0.2, -0.15) is 5.10 Å². The minimum Gasteiger partial charge on any atom is -0.484 e. The van der Waals surface area contributed by atoms with Gasteiger partial charge in [0, 0.05) is 43.9 Å². The zero-order chi connectivity index (χ0) is 20.5. The second-order valence-corrected chi connectivity index (χ2v) is 7.72. The van der Waals surface area contributed by atoms with Crippen molar-refractivity contribution in [2.75, 3.05) is 13.2 Å². The number of carbonyl (C=O) groups excluding carboxylic acids is 1. The van der Waals surface area contributed by atoms with E-state index in [1.807, 2.05) is 52.4 Å². The van der Waals surface area contributed by atoms with Crippen LogP contribution in [0.2, 0.25) is 0 Å². The molecule has 2 aromatic heterocycles. The van der Waals surface area contributed by atoms with Crippen molar-refractivity contribution in [1.82, 2.24) is 29.4 Å². The lowest BCUT2D eigenvalue weighted by Gasteiger charge is -2.27. The molecule has 152 valence electrons. The van der Waals surface area contributed by atoms with Gasteiger partial charge in [0.15, 0.2) is 12.4 Å². The molecule has 1 amide bonds. The van der Waals surface area contributed by atoms with Crippen LogP contribution in [0.25, 0.3) is 11.5 Å². The highest BCUT2D eigenvalue weighted by Gasteiger charge is 2.29. The molecule has 29 heavy (non-hydrogen) atoms. The summed E-state index contributed by atoms with van der Waals surface area (Å²) in [6.45, 7) is 7.36. The number of fused-ring (bicyclic) bond motifs is 1. The topological polar surface area (TPSA) is 78.1 Å². The molecule has 4 rings (SSSR count). The van der Waals surface area contributed by atoms with Crippen molar-refractivity contribution in [2.45, 2.75) is 39.8 Å². The maximum atomic E-state index is 12.8. The monoisotopic (exact) mass is 394 g/mol. The summed E-state index contributed by atoms with van der Waals surface area (Å²) in [6.07, 6.45) is 2.48. The molecule has 0 saturated heterocycles. The maximum absolute atomic E-state index is 12.8. The lowest BCUT2D eigenvalue weighted by molar-refractivity contribution is -0.134. The summed E-state index contributed by atoms with van der Waals surface area (Å²) in [6, 6.07) is 7.94. The summed E-state index contributed by atoms with van der Waals surface area (Å²) in [5.41, 5.74) is 4.13. The number of nitrogens with zero attached hydrogens (tertiary/aromatic N) is 6. The van der Waals surface area contributed by atoms with Gasteiger partial charge in [-0.1, -0.05) is 17.7 Å². The Kier molecular flexibility index (Phi) is 5.08. The number of ether oxygens (including phenoxy) is 1. The van der Waals surface area contributed by atoms with E-state index >= 15 is 0 Å². The second-order valence-electron chi connectivity index (χ2n) is 7.72. The van der Waals surface area contributed by atoms with Crippen molar-refractivity contribution in [3.8, 4) is 17.3 Å². The first-order valence-electron chi connectivity index (χ1n) is 9.86. The number of aromatic nitrogens is 5. The minimum absolute atomic E-state index is 0.0240. The third kappa shape index (κ3) is 3.74. The van der Waals surface area contributed by atoms with E-state index in [9.17, 15) is 4.79 Å². The smallest absolute Gasteiger partial charge is 0.260 e. The van der Waals surface area contributed by atoms with E-state index < -0.39 is 0 Å². The Bertz CT molecular complexity index is 1020. The summed E-state index contributed by atoms with van der Waals surface area (Å²) in [5, 5.41) is 13.1. The lowest BCUT2D eigenvalue weighted by atomic mass is 10.0. The van der Waals surface area contributed by atoms with Crippen LogP contribution in [0.3, 0.4) is 0 Å². The highest BCUT2D eigenvalue weighted by molar-refractivity contribution is 5.78. The normalized spacial score (nSPS) is 13.6. The van der Waals surface area contributed by atoms with Crippen LogP contribution in [0.1, 0.15) is 36.7 Å². The van der Waals surface area contributed by atoms with Gasteiger partial charge in [-0.15, -0.1) is 10.2 Å². The largest absolute Gasteiger partial charge is 0.484 e. The van der Waals surface area contributed by atoms with Gasteiger partial charge in [0.1, 0.15) is 17.8 Å². The Hall–Kier alpha value is -3.16. The fourth-order valence-corrected chi connectivity index (χ4v) is 3.65. The summed E-state index contributed by atoms with van der Waals surface area (Å²) in [5.74, 6) is 1.41. The third-order valence-corrected chi connectivity index (χ3v) is 5.32. The molecule has 8 nitrogen and oxygen atoms in total. The molecule has 0 bridgehead atoms. The van der Waals surface area contributed by atoms with Crippen molar-refractivity contribution in [3.63, 3.8) is 0 Å². The van der Waals surface area contributed by atoms with Crippen LogP contribution in [0.5, 0.6) is 5.75 Å². The lowest BCUT2D eigenvalue weighted by Crippen LogP contribution is -2.39. The Morgan fingerprint density at radius 2 is 2.00 bits per heavy atom. The average Bonchev–Trinajstić information content (AvgIpc) is 3.32. The van der Waals surface area contributed by atoms with Gasteiger partial charge in [0.2, 0.25) is 0 Å². The van der Waals surface area contributed by atoms with Gasteiger partial charge in [0.05, 0.1) is 0 Å². The fraction of sp³-hybridized carbons (Fsp3) is 0.429. The van der Waals surface area contributed by atoms with E-state index in [1.54, 1.807) is 6.33 Å². The molecule has 0 saturated carbocycles. The molecule has 0 aliphatic carbocycles. The van der Waals surface area contributed by atoms with Crippen LogP contribution in [0, 0.1) is 6.92 Å². The number of rotatable bonds is 5. The van der Waals surface area contributed by atoms with Gasteiger partial charge in [-0.25, -0.2) is 0 Å². The molecule has 0 unspecified atom stereocenters. The minimum atomic E-state index is -0.0312. The number of aryl methyl sites for hydroxylation is 2. The maximum Gasteiger partial charge on any atom is 0.260 e. The molecule has 0 spiro atoms. The Morgan fingerprint density at radius 1 is 1.24 bits per heavy atom. The molecule has 3 aromatic rings. The van der Waals surface area contributed by atoms with Crippen LogP contribution in [0.4, 0.5) is 0 Å². The molecular formula is C21H26N6O2. The summed E-state index contributed by atoms with van der Waals surface area (Å²) in [4.78, 5) is 14.6. The van der Waals surface area contributed by atoms with E-state index in [2.05, 4.69) is 24.0 Å². The number of amides is 1. The highest BCUT2D eigenvalue weighted by atomic mass is 16.5. The quantitative estimate of drug-likeness (QED) is 0.665. The van der Waals surface area contributed by atoms with Gasteiger partial charge in [-0.3, -0.25) is 9.48 Å². The van der Waals surface area contributed by atoms with Crippen molar-refractivity contribution in [2.24, 2.45) is 7.05 Å². The summed E-state index contributed by atoms with van der Waals surface area (Å²) in [7, 11) is 1.94. The fourth-order valence-electron chi connectivity index (χ4n) is 3.65. The molecule has 3 heterocycles. The third-order valence-electron chi connectivity index (χ3n) is 5.32. The zero-order valence-electron chi connectivity index (χ0n) is 17.3. The molecule has 1 aliphatic heterocycles. The molecule has 1 aromatic carbocycles. The summed E-state index contributed by atoms with van der Waals surface area (Å²) < 4.78 is 9.59. The van der Waals surface area contributed by atoms with E-state index in [4.69, 9.17) is 9.84 Å². The first-order valence-corrected chi connectivity index (χ1v) is 9.86. The molecule has 0 fully saturated rings. The van der Waals surface area contributed by atoms with Crippen molar-refractivity contribution >= 4 is 5.91 Å². The van der Waals surface area contributed by atoms with Crippen molar-refractivity contribution < 1.29 is 9.53 Å². The Labute approximate surface area is 170 Å². The van der Waals surface area contributed by atoms with Crippen LogP contribution in [-0.2, 0) is 24.8 Å². The van der Waals surface area contributed by atoms with Gasteiger partial charge in [-0.05, 0) is 32.9 Å². The Balaban J connectivity index is 1.52. The SMILES string of the molecule is Cc1ccc(OCC(=O)N2CCc3c(c(-c4nncn4C(C)C)nn3C)C2)cc1. The zero-order valence-corrected chi connectivity index (χ0v) is 17.3. The van der Waals surface area contributed by atoms with Crippen molar-refractivity contribution in [1.29, 1.82) is 0 Å². The molecule has 0 atom stereocenters. The average molecular weight is 394 g/mol. The molecule has 8 heteroatoms. The number of carbonyl (C=O) groups is 1. The standard InChI is InChI=1S/C21H26N6O2/c1-14(2)27-13-22-23-21(27)20-17-11-26(10-9-18(17)25(4)24-20)19(28)12-29-16-7-5-15(3)6-8-16/h5-8,13-14H,9-12H2,1-4H3. The first kappa shape index (κ1) is 19.2. The molecule has 0 radical (unpaired) electrons. The molecular weight excluding hydrogens is 368 g/mol. The second kappa shape index (κ2) is 7.69. The van der Waals surface area contributed by atoms with Crippen LogP contribution in [-0.4, -0.2) is 48.5 Å². The predicted molar refractivity (Wildman–Crippen MR) is 108 cm³/mol.